The number of thiocarbonyl (C=S) groups is 1. The lowest BCUT2D eigenvalue weighted by atomic mass is 10.0. The van der Waals surface area contributed by atoms with Crippen molar-refractivity contribution in [2.24, 2.45) is 0 Å². The lowest BCUT2D eigenvalue weighted by Crippen LogP contribution is -2.30. The van der Waals surface area contributed by atoms with Crippen LogP contribution in [0.1, 0.15) is 23.5 Å². The third kappa shape index (κ3) is 3.78. The van der Waals surface area contributed by atoms with E-state index < -0.39 is 0 Å². The fourth-order valence-electron chi connectivity index (χ4n) is 4.19. The van der Waals surface area contributed by atoms with Crippen LogP contribution in [0.2, 0.25) is 0 Å². The number of aromatic nitrogens is 2. The molecule has 0 spiro atoms. The lowest BCUT2D eigenvalue weighted by molar-refractivity contribution is 0.414. The number of anilines is 1. The molecule has 3 heterocycles. The van der Waals surface area contributed by atoms with Gasteiger partial charge < -0.3 is 19.5 Å². The van der Waals surface area contributed by atoms with Crippen molar-refractivity contribution < 1.29 is 4.74 Å². The minimum atomic E-state index is -0.115. The normalized spacial score (nSPS) is 17.9. The van der Waals surface area contributed by atoms with Gasteiger partial charge in [0.25, 0.3) is 0 Å². The topological polar surface area (TPSA) is 42.3 Å². The van der Waals surface area contributed by atoms with Gasteiger partial charge in [0.15, 0.2) is 5.11 Å². The molecule has 1 N–H and O–H groups in total. The van der Waals surface area contributed by atoms with Crippen LogP contribution >= 0.6 is 28.1 Å². The Bertz CT molecular complexity index is 1260. The largest absolute Gasteiger partial charge is 0.497 e. The summed E-state index contributed by atoms with van der Waals surface area (Å²) in [5.74, 6) is 0.785. The summed E-state index contributed by atoms with van der Waals surface area (Å²) < 4.78 is 8.71. The summed E-state index contributed by atoms with van der Waals surface area (Å²) in [6.07, 6.45) is 3.90. The SMILES string of the molecule is COc1cccc(N2C(=S)N[C@H](c3ccccn3)[C@@H]2c2cccn2-c2cccc(Br)c2)c1. The minimum Gasteiger partial charge on any atom is -0.497 e. The first-order valence-corrected chi connectivity index (χ1v) is 11.4. The highest BCUT2D eigenvalue weighted by atomic mass is 79.9. The van der Waals surface area contributed by atoms with Gasteiger partial charge in [0, 0.05) is 40.0 Å². The summed E-state index contributed by atoms with van der Waals surface area (Å²) >= 11 is 9.44. The zero-order valence-electron chi connectivity index (χ0n) is 17.4. The van der Waals surface area contributed by atoms with Crippen molar-refractivity contribution in [1.82, 2.24) is 14.9 Å². The van der Waals surface area contributed by atoms with E-state index in [0.29, 0.717) is 5.11 Å². The number of methoxy groups -OCH3 is 1. The standard InChI is InChI=1S/C25H21BrN4OS/c1-31-20-10-5-9-19(16-20)30-24(23(28-25(30)32)21-11-2-3-13-27-21)22-12-6-14-29(22)18-8-4-7-17(26)15-18/h2-16,23-24H,1H3,(H,28,32)/t23-,24+/m1/s1. The molecule has 160 valence electrons. The van der Waals surface area contributed by atoms with Crippen molar-refractivity contribution in [2.75, 3.05) is 12.0 Å². The Balaban J connectivity index is 1.67. The highest BCUT2D eigenvalue weighted by Crippen LogP contribution is 2.42. The highest BCUT2D eigenvalue weighted by Gasteiger charge is 2.42. The third-order valence-electron chi connectivity index (χ3n) is 5.60. The number of ether oxygens (including phenoxy) is 1. The molecule has 5 nitrogen and oxygen atoms in total. The molecular weight excluding hydrogens is 484 g/mol. The third-order valence-corrected chi connectivity index (χ3v) is 6.41. The molecule has 2 aromatic heterocycles. The molecule has 1 aliphatic heterocycles. The molecule has 1 saturated heterocycles. The van der Waals surface area contributed by atoms with Gasteiger partial charge in [0.1, 0.15) is 11.8 Å². The molecule has 0 unspecified atom stereocenters. The fourth-order valence-corrected chi connectivity index (χ4v) is 4.92. The molecule has 7 heteroatoms. The van der Waals surface area contributed by atoms with Crippen molar-refractivity contribution in [3.63, 3.8) is 0 Å². The van der Waals surface area contributed by atoms with E-state index in [4.69, 9.17) is 17.0 Å². The molecule has 0 aliphatic carbocycles. The number of nitrogens with one attached hydrogen (secondary N) is 1. The van der Waals surface area contributed by atoms with Crippen LogP contribution in [-0.2, 0) is 0 Å². The van der Waals surface area contributed by atoms with Gasteiger partial charge in [-0.15, -0.1) is 0 Å². The average molecular weight is 505 g/mol. The Hall–Kier alpha value is -3.16. The quantitative estimate of drug-likeness (QED) is 0.346. The van der Waals surface area contributed by atoms with E-state index in [-0.39, 0.29) is 12.1 Å². The van der Waals surface area contributed by atoms with Crippen molar-refractivity contribution in [3.8, 4) is 11.4 Å². The first-order chi connectivity index (χ1) is 15.7. The smallest absolute Gasteiger partial charge is 0.174 e. The van der Waals surface area contributed by atoms with Crippen LogP contribution in [-0.4, -0.2) is 21.8 Å². The molecule has 0 saturated carbocycles. The predicted octanol–water partition coefficient (Wildman–Crippen LogP) is 5.82. The van der Waals surface area contributed by atoms with Crippen LogP contribution in [0.4, 0.5) is 5.69 Å². The maximum absolute atomic E-state index is 5.84. The summed E-state index contributed by atoms with van der Waals surface area (Å²) in [5.41, 5.74) is 4.08. The highest BCUT2D eigenvalue weighted by molar-refractivity contribution is 9.10. The Kier molecular flexibility index (Phi) is 5.68. The van der Waals surface area contributed by atoms with Gasteiger partial charge in [-0.3, -0.25) is 4.98 Å². The maximum Gasteiger partial charge on any atom is 0.174 e. The Labute approximate surface area is 200 Å². The van der Waals surface area contributed by atoms with Gasteiger partial charge in [0.2, 0.25) is 0 Å². The van der Waals surface area contributed by atoms with E-state index in [0.717, 1.165) is 33.0 Å². The molecule has 2 aromatic carbocycles. The van der Waals surface area contributed by atoms with Crippen LogP contribution in [0, 0.1) is 0 Å². The molecule has 5 rings (SSSR count). The van der Waals surface area contributed by atoms with Gasteiger partial charge >= 0.3 is 0 Å². The number of hydrogen-bond donors (Lipinski definition) is 1. The van der Waals surface area contributed by atoms with Gasteiger partial charge in [0.05, 0.1) is 18.8 Å². The van der Waals surface area contributed by atoms with Crippen molar-refractivity contribution >= 4 is 38.9 Å². The molecule has 2 atom stereocenters. The zero-order valence-corrected chi connectivity index (χ0v) is 19.8. The number of pyridine rings is 1. The summed E-state index contributed by atoms with van der Waals surface area (Å²) in [6.45, 7) is 0. The number of hydrogen-bond acceptors (Lipinski definition) is 3. The Morgan fingerprint density at radius 2 is 1.81 bits per heavy atom. The summed E-state index contributed by atoms with van der Waals surface area (Å²) in [7, 11) is 1.67. The van der Waals surface area contributed by atoms with Crippen molar-refractivity contribution in [3.05, 3.63) is 107 Å². The number of benzene rings is 2. The van der Waals surface area contributed by atoms with E-state index in [1.807, 2.05) is 54.7 Å². The number of halogens is 1. The second-order valence-electron chi connectivity index (χ2n) is 7.48. The lowest BCUT2D eigenvalue weighted by Gasteiger charge is -2.29. The van der Waals surface area contributed by atoms with E-state index in [2.05, 4.69) is 72.2 Å². The Morgan fingerprint density at radius 1 is 0.969 bits per heavy atom. The predicted molar refractivity (Wildman–Crippen MR) is 134 cm³/mol. The van der Waals surface area contributed by atoms with Crippen LogP contribution in [0.3, 0.4) is 0 Å². The van der Waals surface area contributed by atoms with Gasteiger partial charge in [-0.2, -0.15) is 0 Å². The molecule has 4 aromatic rings. The first-order valence-electron chi connectivity index (χ1n) is 10.2. The van der Waals surface area contributed by atoms with Gasteiger partial charge in [-0.05, 0) is 66.8 Å². The monoisotopic (exact) mass is 504 g/mol. The molecule has 32 heavy (non-hydrogen) atoms. The van der Waals surface area contributed by atoms with Gasteiger partial charge in [-0.25, -0.2) is 0 Å². The van der Waals surface area contributed by atoms with Crippen LogP contribution in [0.15, 0.2) is 95.7 Å². The van der Waals surface area contributed by atoms with Crippen LogP contribution in [0.5, 0.6) is 5.75 Å². The average Bonchev–Trinajstić information content (AvgIpc) is 3.44. The maximum atomic E-state index is 5.84. The molecular formula is C25H21BrN4OS. The van der Waals surface area contributed by atoms with Crippen LogP contribution < -0.4 is 15.0 Å². The summed E-state index contributed by atoms with van der Waals surface area (Å²) in [5, 5.41) is 4.17. The fraction of sp³-hybridized carbons (Fsp3) is 0.120. The molecule has 1 aliphatic rings. The van der Waals surface area contributed by atoms with Gasteiger partial charge in [-0.1, -0.05) is 34.1 Å². The first kappa shape index (κ1) is 20.7. The molecule has 0 amide bonds. The second kappa shape index (κ2) is 8.76. The number of rotatable bonds is 5. The van der Waals surface area contributed by atoms with E-state index in [1.165, 1.54) is 0 Å². The van der Waals surface area contributed by atoms with E-state index in [1.54, 1.807) is 7.11 Å². The molecule has 1 fully saturated rings. The number of nitrogens with zero attached hydrogens (tertiary/aromatic N) is 3. The van der Waals surface area contributed by atoms with E-state index in [9.17, 15) is 0 Å². The van der Waals surface area contributed by atoms with E-state index >= 15 is 0 Å². The van der Waals surface area contributed by atoms with Crippen molar-refractivity contribution in [2.45, 2.75) is 12.1 Å². The molecule has 0 bridgehead atoms. The summed E-state index contributed by atoms with van der Waals surface area (Å²) in [4.78, 5) is 6.80. The minimum absolute atomic E-state index is 0.113. The second-order valence-corrected chi connectivity index (χ2v) is 8.78. The van der Waals surface area contributed by atoms with Crippen LogP contribution in [0.25, 0.3) is 5.69 Å². The summed E-state index contributed by atoms with van der Waals surface area (Å²) in [6, 6.07) is 26.2. The Morgan fingerprint density at radius 3 is 2.59 bits per heavy atom. The van der Waals surface area contributed by atoms with Crippen molar-refractivity contribution in [1.29, 1.82) is 0 Å². The molecule has 0 radical (unpaired) electrons. The zero-order chi connectivity index (χ0) is 22.1.